The monoisotopic (exact) mass is 305 g/mol. The van der Waals surface area contributed by atoms with E-state index in [0.717, 1.165) is 6.42 Å². The maximum Gasteiger partial charge on any atom is 0.358 e. The van der Waals surface area contributed by atoms with E-state index in [-0.39, 0.29) is 18.9 Å². The van der Waals surface area contributed by atoms with Crippen molar-refractivity contribution >= 4 is 5.97 Å². The standard InChI is InChI=1S/C15H19N3O4/c1-2-11-4-6-12(7-5-11)22-10-13-14(15(20)21)16-17-18(13)8-3-9-19/h4-7,19H,2-3,8-10H2,1H3,(H,20,21). The molecule has 0 aliphatic rings. The van der Waals surface area contributed by atoms with Gasteiger partial charge in [0, 0.05) is 13.2 Å². The second-order valence-corrected chi connectivity index (χ2v) is 4.78. The van der Waals surface area contributed by atoms with Crippen LogP contribution in [0, 0.1) is 0 Å². The van der Waals surface area contributed by atoms with E-state index < -0.39 is 5.97 Å². The average molecular weight is 305 g/mol. The Morgan fingerprint density at radius 2 is 2.05 bits per heavy atom. The van der Waals surface area contributed by atoms with Gasteiger partial charge in [0.15, 0.2) is 5.69 Å². The fraction of sp³-hybridized carbons (Fsp3) is 0.400. The first-order chi connectivity index (χ1) is 10.7. The Labute approximate surface area is 128 Å². The summed E-state index contributed by atoms with van der Waals surface area (Å²) >= 11 is 0. The van der Waals surface area contributed by atoms with Crippen LogP contribution in [0.2, 0.25) is 0 Å². The lowest BCUT2D eigenvalue weighted by Gasteiger charge is -2.09. The number of aliphatic hydroxyl groups excluding tert-OH is 1. The Morgan fingerprint density at radius 3 is 2.64 bits per heavy atom. The molecule has 0 unspecified atom stereocenters. The van der Waals surface area contributed by atoms with Gasteiger partial charge < -0.3 is 14.9 Å². The zero-order chi connectivity index (χ0) is 15.9. The molecule has 118 valence electrons. The predicted octanol–water partition coefficient (Wildman–Crippen LogP) is 1.50. The molecule has 2 rings (SSSR count). The third-order valence-corrected chi connectivity index (χ3v) is 3.28. The van der Waals surface area contributed by atoms with Gasteiger partial charge in [0.05, 0.1) is 0 Å². The van der Waals surface area contributed by atoms with Crippen LogP contribution in [0.3, 0.4) is 0 Å². The molecule has 0 radical (unpaired) electrons. The number of hydrogen-bond donors (Lipinski definition) is 2. The number of benzene rings is 1. The molecule has 1 heterocycles. The van der Waals surface area contributed by atoms with E-state index in [0.29, 0.717) is 24.4 Å². The second-order valence-electron chi connectivity index (χ2n) is 4.78. The second kappa shape index (κ2) is 7.56. The van der Waals surface area contributed by atoms with Crippen LogP contribution < -0.4 is 4.74 Å². The molecular weight excluding hydrogens is 286 g/mol. The molecule has 0 aliphatic carbocycles. The SMILES string of the molecule is CCc1ccc(OCc2c(C(=O)O)nnn2CCCO)cc1. The molecule has 0 spiro atoms. The number of aromatic nitrogens is 3. The van der Waals surface area contributed by atoms with Crippen molar-refractivity contribution in [2.24, 2.45) is 0 Å². The summed E-state index contributed by atoms with van der Waals surface area (Å²) in [7, 11) is 0. The summed E-state index contributed by atoms with van der Waals surface area (Å²) in [5, 5.41) is 25.5. The highest BCUT2D eigenvalue weighted by Crippen LogP contribution is 2.16. The van der Waals surface area contributed by atoms with Crippen LogP contribution >= 0.6 is 0 Å². The molecule has 7 heteroatoms. The van der Waals surface area contributed by atoms with Crippen molar-refractivity contribution in [2.75, 3.05) is 6.61 Å². The van der Waals surface area contributed by atoms with Gasteiger partial charge in [0.1, 0.15) is 18.1 Å². The summed E-state index contributed by atoms with van der Waals surface area (Å²) in [4.78, 5) is 11.2. The van der Waals surface area contributed by atoms with Gasteiger partial charge >= 0.3 is 5.97 Å². The van der Waals surface area contributed by atoms with Crippen molar-refractivity contribution in [1.82, 2.24) is 15.0 Å². The maximum atomic E-state index is 11.2. The van der Waals surface area contributed by atoms with Gasteiger partial charge in [0.25, 0.3) is 0 Å². The minimum Gasteiger partial charge on any atom is -0.487 e. The number of nitrogens with zero attached hydrogens (tertiary/aromatic N) is 3. The molecule has 1 aromatic carbocycles. The molecule has 0 amide bonds. The summed E-state index contributed by atoms with van der Waals surface area (Å²) in [5.74, 6) is -0.487. The van der Waals surface area contributed by atoms with Gasteiger partial charge in [-0.25, -0.2) is 9.48 Å². The molecule has 0 saturated carbocycles. The number of carboxylic acid groups (broad SMARTS) is 1. The molecule has 2 aromatic rings. The lowest BCUT2D eigenvalue weighted by molar-refractivity contribution is 0.0687. The van der Waals surface area contributed by atoms with Crippen molar-refractivity contribution in [2.45, 2.75) is 32.9 Å². The highest BCUT2D eigenvalue weighted by atomic mass is 16.5. The van der Waals surface area contributed by atoms with E-state index in [4.69, 9.17) is 14.9 Å². The first-order valence-corrected chi connectivity index (χ1v) is 7.14. The van der Waals surface area contributed by atoms with Crippen LogP contribution in [0.1, 0.15) is 35.1 Å². The average Bonchev–Trinajstić information content (AvgIpc) is 2.94. The fourth-order valence-electron chi connectivity index (χ4n) is 2.01. The molecule has 0 fully saturated rings. The zero-order valence-electron chi connectivity index (χ0n) is 12.4. The van der Waals surface area contributed by atoms with E-state index in [1.165, 1.54) is 10.2 Å². The Hall–Kier alpha value is -2.41. The fourth-order valence-corrected chi connectivity index (χ4v) is 2.01. The largest absolute Gasteiger partial charge is 0.487 e. The molecule has 22 heavy (non-hydrogen) atoms. The molecule has 0 atom stereocenters. The smallest absolute Gasteiger partial charge is 0.358 e. The Morgan fingerprint density at radius 1 is 1.32 bits per heavy atom. The number of rotatable bonds is 8. The minimum absolute atomic E-state index is 0.00103. The first-order valence-electron chi connectivity index (χ1n) is 7.14. The van der Waals surface area contributed by atoms with E-state index in [1.807, 2.05) is 24.3 Å². The van der Waals surface area contributed by atoms with E-state index in [9.17, 15) is 4.79 Å². The molecule has 1 aromatic heterocycles. The number of carboxylic acids is 1. The van der Waals surface area contributed by atoms with Crippen LogP contribution in [0.5, 0.6) is 5.75 Å². The van der Waals surface area contributed by atoms with Gasteiger partial charge in [0.2, 0.25) is 0 Å². The Balaban J connectivity index is 2.12. The summed E-state index contributed by atoms with van der Waals surface area (Å²) in [6, 6.07) is 7.63. The molecule has 0 aliphatic heterocycles. The van der Waals surface area contributed by atoms with Gasteiger partial charge in [-0.3, -0.25) is 0 Å². The summed E-state index contributed by atoms with van der Waals surface area (Å²) in [6.07, 6.45) is 1.42. The van der Waals surface area contributed by atoms with Crippen molar-refractivity contribution in [3.8, 4) is 5.75 Å². The van der Waals surface area contributed by atoms with Crippen LogP contribution in [0.15, 0.2) is 24.3 Å². The number of aryl methyl sites for hydroxylation is 2. The minimum atomic E-state index is -1.14. The van der Waals surface area contributed by atoms with Crippen molar-refractivity contribution < 1.29 is 19.7 Å². The normalized spacial score (nSPS) is 10.6. The first kappa shape index (κ1) is 16.0. The van der Waals surface area contributed by atoms with Crippen molar-refractivity contribution in [3.05, 3.63) is 41.2 Å². The van der Waals surface area contributed by atoms with E-state index in [1.54, 1.807) is 0 Å². The molecular formula is C15H19N3O4. The lowest BCUT2D eigenvalue weighted by Crippen LogP contribution is -2.12. The van der Waals surface area contributed by atoms with Crippen LogP contribution in [-0.2, 0) is 19.6 Å². The number of aromatic carboxylic acids is 1. The van der Waals surface area contributed by atoms with Crippen molar-refractivity contribution in [3.63, 3.8) is 0 Å². The zero-order valence-corrected chi connectivity index (χ0v) is 12.4. The molecule has 0 saturated heterocycles. The number of carbonyl (C=O) groups is 1. The lowest BCUT2D eigenvalue weighted by atomic mass is 10.2. The summed E-state index contributed by atoms with van der Waals surface area (Å²) < 4.78 is 7.09. The topological polar surface area (TPSA) is 97.5 Å². The van der Waals surface area contributed by atoms with Crippen molar-refractivity contribution in [1.29, 1.82) is 0 Å². The number of aliphatic hydroxyl groups is 1. The summed E-state index contributed by atoms with van der Waals surface area (Å²) in [5.41, 5.74) is 1.47. The van der Waals surface area contributed by atoms with Crippen LogP contribution in [0.4, 0.5) is 0 Å². The van der Waals surface area contributed by atoms with Gasteiger partial charge in [-0.15, -0.1) is 5.10 Å². The quantitative estimate of drug-likeness (QED) is 0.767. The van der Waals surface area contributed by atoms with Crippen LogP contribution in [-0.4, -0.2) is 37.8 Å². The van der Waals surface area contributed by atoms with Gasteiger partial charge in [-0.1, -0.05) is 24.3 Å². The third-order valence-electron chi connectivity index (χ3n) is 3.28. The highest BCUT2D eigenvalue weighted by Gasteiger charge is 2.19. The molecule has 0 bridgehead atoms. The Kier molecular flexibility index (Phi) is 5.48. The predicted molar refractivity (Wildman–Crippen MR) is 78.8 cm³/mol. The Bertz CT molecular complexity index is 622. The number of hydrogen-bond acceptors (Lipinski definition) is 5. The molecule has 2 N–H and O–H groups in total. The number of ether oxygens (including phenoxy) is 1. The van der Waals surface area contributed by atoms with Gasteiger partial charge in [-0.05, 0) is 30.5 Å². The van der Waals surface area contributed by atoms with E-state index in [2.05, 4.69) is 17.2 Å². The van der Waals surface area contributed by atoms with Gasteiger partial charge in [-0.2, -0.15) is 0 Å². The van der Waals surface area contributed by atoms with Crippen LogP contribution in [0.25, 0.3) is 0 Å². The third kappa shape index (κ3) is 3.82. The molecule has 7 nitrogen and oxygen atoms in total. The van der Waals surface area contributed by atoms with E-state index >= 15 is 0 Å². The summed E-state index contributed by atoms with van der Waals surface area (Å²) in [6.45, 7) is 2.53. The highest BCUT2D eigenvalue weighted by molar-refractivity contribution is 5.86. The maximum absolute atomic E-state index is 11.2.